The van der Waals surface area contributed by atoms with Crippen LogP contribution in [0.1, 0.15) is 6.42 Å². The normalized spacial score (nSPS) is 11.3. The van der Waals surface area contributed by atoms with Crippen molar-refractivity contribution in [1.29, 1.82) is 0 Å². The van der Waals surface area contributed by atoms with Gasteiger partial charge < -0.3 is 14.2 Å². The smallest absolute Gasteiger partial charge is 0.267 e. The molecule has 24 heavy (non-hydrogen) atoms. The predicted octanol–water partition coefficient (Wildman–Crippen LogP) is 6.23. The summed E-state index contributed by atoms with van der Waals surface area (Å²) in [4.78, 5) is 0. The number of hydrogen-bond donors (Lipinski definition) is 0. The van der Waals surface area contributed by atoms with E-state index in [1.165, 1.54) is 0 Å². The Bertz CT molecular complexity index is 633. The maximum Gasteiger partial charge on any atom is 0.267 e. The molecule has 0 N–H and O–H groups in total. The topological polar surface area (TPSA) is 27.7 Å². The lowest BCUT2D eigenvalue weighted by atomic mass is 10.0. The summed E-state index contributed by atoms with van der Waals surface area (Å²) in [5, 5.41) is 0. The molecular formula is C17H19Br3O3Si. The maximum atomic E-state index is 6.09. The van der Waals surface area contributed by atoms with Crippen molar-refractivity contribution in [3.05, 3.63) is 48.5 Å². The second kappa shape index (κ2) is 9.96. The van der Waals surface area contributed by atoms with Gasteiger partial charge in [0.15, 0.2) is 18.3 Å². The molecule has 7 heteroatoms. The van der Waals surface area contributed by atoms with E-state index in [0.29, 0.717) is 12.4 Å². The number of para-hydroxylation sites is 1. The van der Waals surface area contributed by atoms with Crippen molar-refractivity contribution in [2.45, 2.75) is 12.5 Å². The first-order valence-electron chi connectivity index (χ1n) is 7.51. The monoisotopic (exact) mass is 536 g/mol. The minimum atomic E-state index is -1.60. The molecule has 2 rings (SSSR count). The summed E-state index contributed by atoms with van der Waals surface area (Å²) in [6, 6.07) is 17.1. The van der Waals surface area contributed by atoms with Crippen LogP contribution in [0.4, 0.5) is 0 Å². The Balaban J connectivity index is 2.20. The van der Waals surface area contributed by atoms with Gasteiger partial charge in [0.1, 0.15) is 0 Å². The lowest BCUT2D eigenvalue weighted by Gasteiger charge is -2.17. The van der Waals surface area contributed by atoms with Gasteiger partial charge in [-0.1, -0.05) is 88.3 Å². The van der Waals surface area contributed by atoms with Crippen LogP contribution in [0.15, 0.2) is 48.5 Å². The molecule has 0 heterocycles. The highest BCUT2D eigenvalue weighted by atomic mass is 80.0. The molecule has 0 unspecified atom stereocenters. The van der Waals surface area contributed by atoms with Crippen LogP contribution in [0.25, 0.3) is 11.1 Å². The van der Waals surface area contributed by atoms with Gasteiger partial charge in [0.25, 0.3) is 3.93 Å². The van der Waals surface area contributed by atoms with Gasteiger partial charge in [-0.3, -0.25) is 0 Å². The summed E-state index contributed by atoms with van der Waals surface area (Å²) < 4.78 is 15.2. The Hall–Kier alpha value is -0.343. The average Bonchev–Trinajstić information content (AvgIpc) is 2.57. The lowest BCUT2D eigenvalue weighted by molar-refractivity contribution is 0.0487. The molecule has 0 bridgehead atoms. The molecule has 0 amide bonds. The summed E-state index contributed by atoms with van der Waals surface area (Å²) >= 11 is 10.9. The molecule has 2 aromatic carbocycles. The van der Waals surface area contributed by atoms with E-state index in [1.54, 1.807) is 7.11 Å². The first-order chi connectivity index (χ1) is 11.5. The van der Waals surface area contributed by atoms with Crippen molar-refractivity contribution in [1.82, 2.24) is 0 Å². The highest BCUT2D eigenvalue weighted by Crippen LogP contribution is 2.39. The third-order valence-corrected chi connectivity index (χ3v) is 7.74. The maximum absolute atomic E-state index is 6.09. The zero-order valence-corrected chi connectivity index (χ0v) is 19.1. The second-order valence-corrected chi connectivity index (χ2v) is 28.6. The number of ether oxygens (including phenoxy) is 3. The van der Waals surface area contributed by atoms with Gasteiger partial charge >= 0.3 is 0 Å². The van der Waals surface area contributed by atoms with Crippen LogP contribution < -0.4 is 9.47 Å². The molecule has 0 saturated carbocycles. The van der Waals surface area contributed by atoms with Gasteiger partial charge in [0, 0.05) is 12.7 Å². The van der Waals surface area contributed by atoms with Crippen molar-refractivity contribution in [3.63, 3.8) is 0 Å². The molecule has 0 radical (unpaired) electrons. The average molecular weight is 539 g/mol. The minimum absolute atomic E-state index is 0.189. The van der Waals surface area contributed by atoms with Crippen molar-refractivity contribution in [2.24, 2.45) is 0 Å². The van der Waals surface area contributed by atoms with Crippen LogP contribution in [0.3, 0.4) is 0 Å². The Morgan fingerprint density at radius 1 is 0.917 bits per heavy atom. The highest BCUT2D eigenvalue weighted by Gasteiger charge is 2.21. The standard InChI is InChI=1S/C17H19Br3O3Si/c1-21-13-23-16-10-5-9-15(14-7-3-2-4-8-14)17(16)22-11-6-12-24(18,19)20/h2-5,7-10H,6,11-13H2,1H3. The van der Waals surface area contributed by atoms with Crippen molar-refractivity contribution >= 4 is 49.8 Å². The number of hydrogen-bond acceptors (Lipinski definition) is 3. The van der Waals surface area contributed by atoms with Gasteiger partial charge in [-0.15, -0.1) is 0 Å². The second-order valence-electron chi connectivity index (χ2n) is 5.12. The summed E-state index contributed by atoms with van der Waals surface area (Å²) in [7, 11) is 1.60. The number of rotatable bonds is 9. The molecule has 0 aliphatic carbocycles. The molecule has 0 spiro atoms. The van der Waals surface area contributed by atoms with Gasteiger partial charge in [0.2, 0.25) is 0 Å². The third-order valence-electron chi connectivity index (χ3n) is 3.25. The molecule has 2 aromatic rings. The van der Waals surface area contributed by atoms with Crippen molar-refractivity contribution in [2.75, 3.05) is 20.5 Å². The first kappa shape index (κ1) is 20.0. The van der Waals surface area contributed by atoms with E-state index in [4.69, 9.17) is 14.2 Å². The summed E-state index contributed by atoms with van der Waals surface area (Å²) in [5.41, 5.74) is 2.12. The van der Waals surface area contributed by atoms with E-state index in [0.717, 1.165) is 29.3 Å². The van der Waals surface area contributed by atoms with Crippen LogP contribution in [0, 0.1) is 0 Å². The largest absolute Gasteiger partial charge is 0.489 e. The predicted molar refractivity (Wildman–Crippen MR) is 112 cm³/mol. The fourth-order valence-corrected chi connectivity index (χ4v) is 5.26. The van der Waals surface area contributed by atoms with E-state index < -0.39 is 3.93 Å². The van der Waals surface area contributed by atoms with Crippen LogP contribution in [0.2, 0.25) is 6.04 Å². The van der Waals surface area contributed by atoms with Gasteiger partial charge in [0.05, 0.1) is 6.61 Å². The van der Waals surface area contributed by atoms with Crippen LogP contribution in [0.5, 0.6) is 11.5 Å². The third kappa shape index (κ3) is 6.52. The molecule has 0 aliphatic rings. The molecule has 130 valence electrons. The molecule has 3 nitrogen and oxygen atoms in total. The fourth-order valence-electron chi connectivity index (χ4n) is 2.19. The van der Waals surface area contributed by atoms with Crippen LogP contribution in [-0.2, 0) is 4.74 Å². The summed E-state index contributed by atoms with van der Waals surface area (Å²) in [5.74, 6) is 1.45. The SMILES string of the molecule is COCOc1cccc(-c2ccccc2)c1OCCC[Si](Br)(Br)Br. The molecule has 0 aromatic heterocycles. The Morgan fingerprint density at radius 2 is 1.67 bits per heavy atom. The first-order valence-corrected chi connectivity index (χ1v) is 16.5. The molecule has 0 fully saturated rings. The number of benzene rings is 2. The zero-order valence-electron chi connectivity index (χ0n) is 13.3. The minimum Gasteiger partial charge on any atom is -0.489 e. The van der Waals surface area contributed by atoms with Gasteiger partial charge in [-0.25, -0.2) is 0 Å². The molecule has 0 atom stereocenters. The van der Waals surface area contributed by atoms with E-state index in [-0.39, 0.29) is 6.79 Å². The molecular weight excluding hydrogens is 520 g/mol. The fraction of sp³-hybridized carbons (Fsp3) is 0.294. The van der Waals surface area contributed by atoms with Crippen LogP contribution in [-0.4, -0.2) is 24.4 Å². The molecule has 0 saturated heterocycles. The van der Waals surface area contributed by atoms with Gasteiger partial charge in [-0.05, 0) is 24.1 Å². The summed E-state index contributed by atoms with van der Waals surface area (Å²) in [6.45, 7) is 0.805. The number of halogens is 3. The Morgan fingerprint density at radius 3 is 2.33 bits per heavy atom. The lowest BCUT2D eigenvalue weighted by Crippen LogP contribution is -2.09. The van der Waals surface area contributed by atoms with Crippen molar-refractivity contribution < 1.29 is 14.2 Å². The Labute approximate surface area is 167 Å². The zero-order chi connectivity index (χ0) is 17.4. The van der Waals surface area contributed by atoms with E-state index in [1.807, 2.05) is 36.4 Å². The Kier molecular flexibility index (Phi) is 8.29. The quantitative estimate of drug-likeness (QED) is 0.164. The van der Waals surface area contributed by atoms with Crippen LogP contribution >= 0.6 is 45.9 Å². The molecule has 0 aliphatic heterocycles. The van der Waals surface area contributed by atoms with E-state index in [9.17, 15) is 0 Å². The van der Waals surface area contributed by atoms with E-state index >= 15 is 0 Å². The van der Waals surface area contributed by atoms with Crippen molar-refractivity contribution in [3.8, 4) is 22.6 Å². The van der Waals surface area contributed by atoms with Gasteiger partial charge in [-0.2, -0.15) is 0 Å². The highest BCUT2D eigenvalue weighted by molar-refractivity contribution is 9.72. The summed E-state index contributed by atoms with van der Waals surface area (Å²) in [6.07, 6.45) is 0.931. The number of methoxy groups -OCH3 is 1. The van der Waals surface area contributed by atoms with E-state index in [2.05, 4.69) is 58.0 Å².